The first-order chi connectivity index (χ1) is 12.7. The number of carbonyl (C=O) groups is 1. The molecular formula is C19H32N4O3. The number of nitrogens with zero attached hydrogens (tertiary/aromatic N) is 2. The van der Waals surface area contributed by atoms with Gasteiger partial charge >= 0.3 is 5.97 Å². The minimum absolute atomic E-state index is 0.157. The average molecular weight is 364 g/mol. The van der Waals surface area contributed by atoms with Crippen LogP contribution in [0.2, 0.25) is 0 Å². The number of unbranched alkanes of at least 4 members (excludes halogenated alkanes) is 1. The standard InChI is InChI=1S/C19H32N4O3/c1-20-19(21-11-5-4-10-18(24)25-2)22-15-16(17-9-8-14-26-17)23-12-6-3-7-13-23/h8-9,14,16H,3-7,10-13,15H2,1-2H3,(H2,20,21,22). The maximum absolute atomic E-state index is 11.1. The molecule has 0 amide bonds. The van der Waals surface area contributed by atoms with Gasteiger partial charge in [-0.25, -0.2) is 0 Å². The number of guanidine groups is 1. The number of furan rings is 1. The van der Waals surface area contributed by atoms with Crippen molar-refractivity contribution in [1.29, 1.82) is 0 Å². The predicted octanol–water partition coefficient (Wildman–Crippen LogP) is 2.31. The Labute approximate surface area is 156 Å². The summed E-state index contributed by atoms with van der Waals surface area (Å²) in [6.45, 7) is 3.72. The van der Waals surface area contributed by atoms with Gasteiger partial charge in [0.2, 0.25) is 0 Å². The molecule has 2 heterocycles. The number of carbonyl (C=O) groups excluding carboxylic acids is 1. The Morgan fingerprint density at radius 1 is 1.31 bits per heavy atom. The van der Waals surface area contributed by atoms with Crippen LogP contribution in [0.25, 0.3) is 0 Å². The van der Waals surface area contributed by atoms with Gasteiger partial charge in [0, 0.05) is 26.6 Å². The van der Waals surface area contributed by atoms with Crippen LogP contribution in [0.4, 0.5) is 0 Å². The van der Waals surface area contributed by atoms with Gasteiger partial charge in [-0.15, -0.1) is 0 Å². The van der Waals surface area contributed by atoms with Gasteiger partial charge in [-0.2, -0.15) is 0 Å². The van der Waals surface area contributed by atoms with E-state index in [4.69, 9.17) is 4.42 Å². The second kappa shape index (κ2) is 11.6. The third-order valence-electron chi connectivity index (χ3n) is 4.72. The van der Waals surface area contributed by atoms with E-state index >= 15 is 0 Å². The van der Waals surface area contributed by atoms with Crippen molar-refractivity contribution in [1.82, 2.24) is 15.5 Å². The Hall–Kier alpha value is -2.02. The van der Waals surface area contributed by atoms with Gasteiger partial charge < -0.3 is 19.8 Å². The van der Waals surface area contributed by atoms with Crippen LogP contribution in [0.3, 0.4) is 0 Å². The van der Waals surface area contributed by atoms with E-state index in [2.05, 4.69) is 25.3 Å². The topological polar surface area (TPSA) is 79.1 Å². The highest BCUT2D eigenvalue weighted by atomic mass is 16.5. The lowest BCUT2D eigenvalue weighted by Gasteiger charge is -2.33. The average Bonchev–Trinajstić information content (AvgIpc) is 3.21. The minimum atomic E-state index is -0.157. The van der Waals surface area contributed by atoms with Crippen molar-refractivity contribution in [2.45, 2.75) is 44.6 Å². The number of hydrogen-bond donors (Lipinski definition) is 2. The molecule has 2 rings (SSSR count). The van der Waals surface area contributed by atoms with Crippen molar-refractivity contribution in [3.8, 4) is 0 Å². The molecule has 0 aliphatic carbocycles. The smallest absolute Gasteiger partial charge is 0.305 e. The molecule has 146 valence electrons. The third-order valence-corrected chi connectivity index (χ3v) is 4.72. The summed E-state index contributed by atoms with van der Waals surface area (Å²) < 4.78 is 10.3. The Morgan fingerprint density at radius 2 is 2.12 bits per heavy atom. The van der Waals surface area contributed by atoms with E-state index in [1.165, 1.54) is 26.4 Å². The third kappa shape index (κ3) is 6.71. The number of piperidine rings is 1. The minimum Gasteiger partial charge on any atom is -0.469 e. The first-order valence-corrected chi connectivity index (χ1v) is 9.53. The summed E-state index contributed by atoms with van der Waals surface area (Å²) in [5.74, 6) is 1.61. The van der Waals surface area contributed by atoms with E-state index < -0.39 is 0 Å². The zero-order valence-electron chi connectivity index (χ0n) is 16.0. The fourth-order valence-corrected chi connectivity index (χ4v) is 3.24. The second-order valence-electron chi connectivity index (χ2n) is 6.54. The van der Waals surface area contributed by atoms with Crippen molar-refractivity contribution < 1.29 is 13.9 Å². The normalized spacial score (nSPS) is 16.9. The van der Waals surface area contributed by atoms with Crippen LogP contribution < -0.4 is 10.6 Å². The second-order valence-corrected chi connectivity index (χ2v) is 6.54. The molecule has 7 nitrogen and oxygen atoms in total. The van der Waals surface area contributed by atoms with Gasteiger partial charge in [0.1, 0.15) is 5.76 Å². The van der Waals surface area contributed by atoms with Crippen LogP contribution in [-0.4, -0.2) is 57.2 Å². The molecule has 1 aromatic heterocycles. The molecule has 0 spiro atoms. The molecule has 26 heavy (non-hydrogen) atoms. The molecule has 1 aliphatic rings. The van der Waals surface area contributed by atoms with E-state index in [9.17, 15) is 4.79 Å². The van der Waals surface area contributed by atoms with Crippen LogP contribution in [0.15, 0.2) is 27.8 Å². The summed E-state index contributed by atoms with van der Waals surface area (Å²) in [5.41, 5.74) is 0. The van der Waals surface area contributed by atoms with Crippen LogP contribution >= 0.6 is 0 Å². The van der Waals surface area contributed by atoms with Gasteiger partial charge in [0.15, 0.2) is 5.96 Å². The van der Waals surface area contributed by atoms with E-state index in [0.29, 0.717) is 6.42 Å². The molecule has 2 N–H and O–H groups in total. The molecule has 1 atom stereocenters. The van der Waals surface area contributed by atoms with E-state index in [1.807, 2.05) is 12.1 Å². The van der Waals surface area contributed by atoms with Crippen molar-refractivity contribution in [2.75, 3.05) is 40.3 Å². The zero-order valence-corrected chi connectivity index (χ0v) is 16.0. The Kier molecular flexibility index (Phi) is 9.03. The lowest BCUT2D eigenvalue weighted by molar-refractivity contribution is -0.140. The van der Waals surface area contributed by atoms with Crippen LogP contribution in [0, 0.1) is 0 Å². The Bertz CT molecular complexity index is 539. The van der Waals surface area contributed by atoms with Crippen molar-refractivity contribution in [3.05, 3.63) is 24.2 Å². The summed E-state index contributed by atoms with van der Waals surface area (Å²) >= 11 is 0. The highest BCUT2D eigenvalue weighted by molar-refractivity contribution is 5.79. The first-order valence-electron chi connectivity index (χ1n) is 9.53. The molecule has 1 unspecified atom stereocenters. The molecule has 1 aromatic rings. The van der Waals surface area contributed by atoms with Crippen LogP contribution in [-0.2, 0) is 9.53 Å². The molecule has 0 radical (unpaired) electrons. The molecule has 7 heteroatoms. The molecule has 1 saturated heterocycles. The number of ether oxygens (including phenoxy) is 1. The number of aliphatic imine (C=N–C) groups is 1. The molecular weight excluding hydrogens is 332 g/mol. The summed E-state index contributed by atoms with van der Waals surface area (Å²) in [4.78, 5) is 17.9. The number of methoxy groups -OCH3 is 1. The van der Waals surface area contributed by atoms with E-state index in [-0.39, 0.29) is 12.0 Å². The van der Waals surface area contributed by atoms with E-state index in [1.54, 1.807) is 13.3 Å². The maximum atomic E-state index is 11.1. The zero-order chi connectivity index (χ0) is 18.6. The van der Waals surface area contributed by atoms with Crippen molar-refractivity contribution in [3.63, 3.8) is 0 Å². The number of rotatable bonds is 9. The molecule has 1 fully saturated rings. The SMILES string of the molecule is CN=C(NCCCCC(=O)OC)NCC(c1ccco1)N1CCCCC1. The number of esters is 1. The fraction of sp³-hybridized carbons (Fsp3) is 0.684. The molecule has 0 aromatic carbocycles. The molecule has 0 saturated carbocycles. The van der Waals surface area contributed by atoms with Gasteiger partial charge in [0.05, 0.1) is 19.4 Å². The quantitative estimate of drug-likeness (QED) is 0.303. The van der Waals surface area contributed by atoms with Gasteiger partial charge in [-0.1, -0.05) is 6.42 Å². The van der Waals surface area contributed by atoms with Crippen molar-refractivity contribution in [2.24, 2.45) is 4.99 Å². The first kappa shape index (κ1) is 20.3. The van der Waals surface area contributed by atoms with Gasteiger partial charge in [-0.05, 0) is 50.9 Å². The summed E-state index contributed by atoms with van der Waals surface area (Å²) in [5, 5.41) is 6.71. The lowest BCUT2D eigenvalue weighted by atomic mass is 10.1. The van der Waals surface area contributed by atoms with Crippen LogP contribution in [0.1, 0.15) is 50.3 Å². The highest BCUT2D eigenvalue weighted by Gasteiger charge is 2.24. The Balaban J connectivity index is 1.77. The summed E-state index contributed by atoms with van der Waals surface area (Å²) in [6.07, 6.45) is 7.68. The van der Waals surface area contributed by atoms with Crippen molar-refractivity contribution >= 4 is 11.9 Å². The number of hydrogen-bond acceptors (Lipinski definition) is 5. The fourth-order valence-electron chi connectivity index (χ4n) is 3.24. The van der Waals surface area contributed by atoms with Crippen LogP contribution in [0.5, 0.6) is 0 Å². The predicted molar refractivity (Wildman–Crippen MR) is 102 cm³/mol. The van der Waals surface area contributed by atoms with Gasteiger partial charge in [0.25, 0.3) is 0 Å². The lowest BCUT2D eigenvalue weighted by Crippen LogP contribution is -2.44. The molecule has 0 bridgehead atoms. The maximum Gasteiger partial charge on any atom is 0.305 e. The summed E-state index contributed by atoms with van der Waals surface area (Å²) in [6, 6.07) is 4.20. The summed E-state index contributed by atoms with van der Waals surface area (Å²) in [7, 11) is 3.19. The number of likely N-dealkylation sites (tertiary alicyclic amines) is 1. The number of nitrogens with one attached hydrogen (secondary N) is 2. The van der Waals surface area contributed by atoms with E-state index in [0.717, 1.165) is 50.7 Å². The molecule has 1 aliphatic heterocycles. The van der Waals surface area contributed by atoms with Gasteiger partial charge in [-0.3, -0.25) is 14.7 Å². The monoisotopic (exact) mass is 364 g/mol. The largest absolute Gasteiger partial charge is 0.469 e. The highest BCUT2D eigenvalue weighted by Crippen LogP contribution is 2.24. The Morgan fingerprint density at radius 3 is 2.77 bits per heavy atom.